The fourth-order valence-corrected chi connectivity index (χ4v) is 3.44. The van der Waals surface area contributed by atoms with E-state index >= 15 is 0 Å². The summed E-state index contributed by atoms with van der Waals surface area (Å²) in [6, 6.07) is 8.30. The summed E-state index contributed by atoms with van der Waals surface area (Å²) in [5.74, 6) is 1.90. The van der Waals surface area contributed by atoms with E-state index in [1.54, 1.807) is 0 Å². The van der Waals surface area contributed by atoms with E-state index in [2.05, 4.69) is 49.2 Å². The Hall–Kier alpha value is -2.47. The lowest BCUT2D eigenvalue weighted by Gasteiger charge is -2.29. The average molecular weight is 336 g/mol. The van der Waals surface area contributed by atoms with Gasteiger partial charge in [0.1, 0.15) is 11.6 Å². The van der Waals surface area contributed by atoms with Crippen molar-refractivity contribution in [2.75, 3.05) is 31.1 Å². The van der Waals surface area contributed by atoms with Gasteiger partial charge in [0.25, 0.3) is 0 Å². The van der Waals surface area contributed by atoms with Gasteiger partial charge in [-0.1, -0.05) is 25.1 Å². The number of aryl methyl sites for hydroxylation is 3. The van der Waals surface area contributed by atoms with E-state index in [0.29, 0.717) is 0 Å². The molecule has 0 unspecified atom stereocenters. The first-order chi connectivity index (χ1) is 12.2. The second kappa shape index (κ2) is 6.44. The predicted octanol–water partition coefficient (Wildman–Crippen LogP) is 2.40. The molecule has 3 aromatic rings. The lowest BCUT2D eigenvalue weighted by molar-refractivity contribution is 0.585. The van der Waals surface area contributed by atoms with Crippen molar-refractivity contribution in [1.29, 1.82) is 0 Å². The molecule has 0 spiro atoms. The number of hydrogen-bond acceptors (Lipinski definition) is 5. The SMILES string of the molecule is CCc1nc(N2CCNCC2)c2c(C)nn(-c3ccccc3C)c2n1. The number of benzene rings is 1. The fourth-order valence-electron chi connectivity index (χ4n) is 3.44. The summed E-state index contributed by atoms with van der Waals surface area (Å²) in [6.45, 7) is 10.2. The number of fused-ring (bicyclic) bond motifs is 1. The van der Waals surface area contributed by atoms with E-state index in [1.807, 2.05) is 10.7 Å². The molecule has 1 N–H and O–H groups in total. The van der Waals surface area contributed by atoms with E-state index in [9.17, 15) is 0 Å². The molecule has 6 nitrogen and oxygen atoms in total. The van der Waals surface area contributed by atoms with Crippen LogP contribution in [0.25, 0.3) is 16.7 Å². The molecule has 0 aliphatic carbocycles. The minimum Gasteiger partial charge on any atom is -0.353 e. The van der Waals surface area contributed by atoms with Gasteiger partial charge in [0.15, 0.2) is 5.65 Å². The normalized spacial score (nSPS) is 15.1. The first-order valence-corrected chi connectivity index (χ1v) is 8.97. The van der Waals surface area contributed by atoms with Gasteiger partial charge in [-0.15, -0.1) is 0 Å². The van der Waals surface area contributed by atoms with Crippen molar-refractivity contribution in [1.82, 2.24) is 25.1 Å². The van der Waals surface area contributed by atoms with Crippen molar-refractivity contribution >= 4 is 16.9 Å². The number of aromatic nitrogens is 4. The van der Waals surface area contributed by atoms with Crippen LogP contribution in [0.4, 0.5) is 5.82 Å². The minimum atomic E-state index is 0.813. The Morgan fingerprint density at radius 2 is 1.84 bits per heavy atom. The van der Waals surface area contributed by atoms with Gasteiger partial charge in [0, 0.05) is 32.6 Å². The predicted molar refractivity (Wildman–Crippen MR) is 101 cm³/mol. The van der Waals surface area contributed by atoms with Gasteiger partial charge in [-0.25, -0.2) is 14.6 Å². The van der Waals surface area contributed by atoms with E-state index in [-0.39, 0.29) is 0 Å². The number of hydrogen-bond donors (Lipinski definition) is 1. The number of para-hydroxylation sites is 1. The highest BCUT2D eigenvalue weighted by molar-refractivity contribution is 5.91. The van der Waals surface area contributed by atoms with Crippen molar-refractivity contribution < 1.29 is 0 Å². The molecular weight excluding hydrogens is 312 g/mol. The Kier molecular flexibility index (Phi) is 4.13. The number of piperazine rings is 1. The summed E-state index contributed by atoms with van der Waals surface area (Å²) in [6.07, 6.45) is 0.813. The highest BCUT2D eigenvalue weighted by atomic mass is 15.3. The Morgan fingerprint density at radius 3 is 2.56 bits per heavy atom. The molecule has 130 valence electrons. The lowest BCUT2D eigenvalue weighted by atomic mass is 10.2. The Labute approximate surface area is 147 Å². The molecule has 6 heteroatoms. The molecule has 1 aliphatic rings. The highest BCUT2D eigenvalue weighted by Crippen LogP contribution is 2.30. The maximum atomic E-state index is 4.87. The van der Waals surface area contributed by atoms with Crippen LogP contribution in [-0.4, -0.2) is 45.9 Å². The van der Waals surface area contributed by atoms with Gasteiger partial charge < -0.3 is 10.2 Å². The van der Waals surface area contributed by atoms with Crippen LogP contribution in [0.5, 0.6) is 0 Å². The monoisotopic (exact) mass is 336 g/mol. The summed E-state index contributed by atoms with van der Waals surface area (Å²) in [5.41, 5.74) is 4.15. The Morgan fingerprint density at radius 1 is 1.08 bits per heavy atom. The highest BCUT2D eigenvalue weighted by Gasteiger charge is 2.22. The van der Waals surface area contributed by atoms with Gasteiger partial charge in [0.05, 0.1) is 16.8 Å². The van der Waals surface area contributed by atoms with Crippen molar-refractivity contribution in [3.63, 3.8) is 0 Å². The smallest absolute Gasteiger partial charge is 0.169 e. The quantitative estimate of drug-likeness (QED) is 0.796. The van der Waals surface area contributed by atoms with Crippen LogP contribution in [0.2, 0.25) is 0 Å². The topological polar surface area (TPSA) is 58.9 Å². The molecule has 1 aliphatic heterocycles. The molecule has 4 rings (SSSR count). The number of nitrogens with one attached hydrogen (secondary N) is 1. The van der Waals surface area contributed by atoms with Crippen molar-refractivity contribution in [2.24, 2.45) is 0 Å². The second-order valence-electron chi connectivity index (χ2n) is 6.54. The molecule has 1 saturated heterocycles. The van der Waals surface area contributed by atoms with Crippen molar-refractivity contribution in [3.8, 4) is 5.69 Å². The van der Waals surface area contributed by atoms with Gasteiger partial charge >= 0.3 is 0 Å². The molecule has 1 fully saturated rings. The summed E-state index contributed by atoms with van der Waals surface area (Å²) in [5, 5.41) is 9.30. The number of rotatable bonds is 3. The van der Waals surface area contributed by atoms with Crippen molar-refractivity contribution in [2.45, 2.75) is 27.2 Å². The van der Waals surface area contributed by atoms with Crippen LogP contribution in [0.3, 0.4) is 0 Å². The van der Waals surface area contributed by atoms with Gasteiger partial charge in [-0.3, -0.25) is 0 Å². The fraction of sp³-hybridized carbons (Fsp3) is 0.421. The Balaban J connectivity index is 1.97. The van der Waals surface area contributed by atoms with Crippen LogP contribution in [0.1, 0.15) is 24.0 Å². The zero-order valence-corrected chi connectivity index (χ0v) is 15.1. The first-order valence-electron chi connectivity index (χ1n) is 8.97. The molecule has 0 bridgehead atoms. The average Bonchev–Trinajstić information content (AvgIpc) is 2.98. The van der Waals surface area contributed by atoms with Crippen LogP contribution >= 0.6 is 0 Å². The zero-order chi connectivity index (χ0) is 17.4. The van der Waals surface area contributed by atoms with E-state index in [0.717, 1.165) is 66.7 Å². The molecule has 25 heavy (non-hydrogen) atoms. The molecule has 0 radical (unpaired) electrons. The molecule has 3 heterocycles. The van der Waals surface area contributed by atoms with Crippen molar-refractivity contribution in [3.05, 3.63) is 41.3 Å². The molecular formula is C19H24N6. The third kappa shape index (κ3) is 2.76. The molecule has 0 saturated carbocycles. The third-order valence-corrected chi connectivity index (χ3v) is 4.81. The van der Waals surface area contributed by atoms with Crippen LogP contribution in [0.15, 0.2) is 24.3 Å². The number of nitrogens with zero attached hydrogens (tertiary/aromatic N) is 5. The minimum absolute atomic E-state index is 0.813. The second-order valence-corrected chi connectivity index (χ2v) is 6.54. The Bertz CT molecular complexity index is 908. The summed E-state index contributed by atoms with van der Waals surface area (Å²) < 4.78 is 1.98. The van der Waals surface area contributed by atoms with E-state index in [4.69, 9.17) is 15.1 Å². The maximum Gasteiger partial charge on any atom is 0.169 e. The van der Waals surface area contributed by atoms with Crippen LogP contribution in [-0.2, 0) is 6.42 Å². The summed E-state index contributed by atoms with van der Waals surface area (Å²) in [4.78, 5) is 12.1. The third-order valence-electron chi connectivity index (χ3n) is 4.81. The first kappa shape index (κ1) is 16.0. The van der Waals surface area contributed by atoms with Gasteiger partial charge in [0.2, 0.25) is 0 Å². The van der Waals surface area contributed by atoms with E-state index < -0.39 is 0 Å². The van der Waals surface area contributed by atoms with E-state index in [1.165, 1.54) is 5.56 Å². The zero-order valence-electron chi connectivity index (χ0n) is 15.1. The molecule has 0 amide bonds. The van der Waals surface area contributed by atoms with Gasteiger partial charge in [-0.2, -0.15) is 5.10 Å². The maximum absolute atomic E-state index is 4.87. The number of anilines is 1. The summed E-state index contributed by atoms with van der Waals surface area (Å²) >= 11 is 0. The molecule has 2 aromatic heterocycles. The standard InChI is InChI=1S/C19H24N6/c1-4-16-21-18(24-11-9-20-10-12-24)17-14(3)23-25(19(17)22-16)15-8-6-5-7-13(15)2/h5-8,20H,4,9-12H2,1-3H3. The largest absolute Gasteiger partial charge is 0.353 e. The molecule has 0 atom stereocenters. The lowest BCUT2D eigenvalue weighted by Crippen LogP contribution is -2.44. The summed E-state index contributed by atoms with van der Waals surface area (Å²) in [7, 11) is 0. The van der Waals surface area contributed by atoms with Gasteiger partial charge in [-0.05, 0) is 25.5 Å². The van der Waals surface area contributed by atoms with Crippen LogP contribution < -0.4 is 10.2 Å². The molecule has 1 aromatic carbocycles. The van der Waals surface area contributed by atoms with Crippen LogP contribution in [0, 0.1) is 13.8 Å².